The number of pyridine rings is 3. The van der Waals surface area contributed by atoms with Crippen molar-refractivity contribution in [2.75, 3.05) is 0 Å². The van der Waals surface area contributed by atoms with E-state index in [0.29, 0.717) is 11.1 Å². The smallest absolute Gasteiger partial charge is 0.188 e. The van der Waals surface area contributed by atoms with Gasteiger partial charge in [0.2, 0.25) is 0 Å². The van der Waals surface area contributed by atoms with E-state index in [1.807, 2.05) is 0 Å². The Morgan fingerprint density at radius 1 is 0.607 bits per heavy atom. The maximum Gasteiger partial charge on any atom is 0.188 e. The summed E-state index contributed by atoms with van der Waals surface area (Å²) in [5, 5.41) is 0. The van der Waals surface area contributed by atoms with Crippen LogP contribution in [-0.4, -0.2) is 38.1 Å². The van der Waals surface area contributed by atoms with Gasteiger partial charge in [-0.1, -0.05) is 6.07 Å². The molecule has 0 spiro atoms. The van der Waals surface area contributed by atoms with Gasteiger partial charge < -0.3 is 0 Å². The van der Waals surface area contributed by atoms with Crippen molar-refractivity contribution in [3.05, 3.63) is 89.8 Å². The zero-order chi connectivity index (χ0) is 19.9. The average molecular weight is 373 g/mol. The molecule has 0 aromatic carbocycles. The summed E-state index contributed by atoms with van der Waals surface area (Å²) in [6.07, 6.45) is 5.06. The molecule has 0 saturated carbocycles. The first kappa shape index (κ1) is 18.9. The fourth-order valence-corrected chi connectivity index (χ4v) is 2.48. The quantitative estimate of drug-likeness (QED) is 0.441. The minimum atomic E-state index is -0.512. The van der Waals surface area contributed by atoms with Crippen LogP contribution < -0.4 is 0 Å². The van der Waals surface area contributed by atoms with E-state index in [4.69, 9.17) is 0 Å². The molecular formula is C21H15N3O4. The average Bonchev–Trinajstić information content (AvgIpc) is 2.75. The molecule has 3 heterocycles. The molecule has 0 fully saturated rings. The van der Waals surface area contributed by atoms with Gasteiger partial charge in [0.05, 0.1) is 12.8 Å². The Balaban J connectivity index is 1.69. The molecule has 0 bridgehead atoms. The lowest BCUT2D eigenvalue weighted by Crippen LogP contribution is -2.14. The molecule has 0 radical (unpaired) electrons. The number of Topliss-reactive ketones (excluding diaryl/α,β-unsaturated/α-hetero) is 4. The molecule has 0 atom stereocenters. The summed E-state index contributed by atoms with van der Waals surface area (Å²) in [6.45, 7) is 0. The van der Waals surface area contributed by atoms with Gasteiger partial charge >= 0.3 is 0 Å². The van der Waals surface area contributed by atoms with E-state index in [-0.39, 0.29) is 35.8 Å². The molecule has 138 valence electrons. The zero-order valence-electron chi connectivity index (χ0n) is 14.7. The third kappa shape index (κ3) is 4.64. The van der Waals surface area contributed by atoms with Crippen LogP contribution in [0.25, 0.3) is 0 Å². The standard InChI is InChI=1S/C21H15N3O4/c25-18(14-4-2-8-22-12-14)10-20(27)16-6-1-7-17(24-16)21(28)11-19(26)15-5-3-9-23-13-15/h1-9,12-13H,10-11H2. The topological polar surface area (TPSA) is 107 Å². The van der Waals surface area contributed by atoms with E-state index in [1.165, 1.54) is 43.0 Å². The van der Waals surface area contributed by atoms with Crippen LogP contribution in [0.2, 0.25) is 0 Å². The highest BCUT2D eigenvalue weighted by atomic mass is 16.2. The molecular weight excluding hydrogens is 358 g/mol. The van der Waals surface area contributed by atoms with Crippen molar-refractivity contribution < 1.29 is 19.2 Å². The molecule has 0 unspecified atom stereocenters. The second-order valence-electron chi connectivity index (χ2n) is 5.94. The zero-order valence-corrected chi connectivity index (χ0v) is 14.7. The molecule has 0 saturated heterocycles. The van der Waals surface area contributed by atoms with E-state index in [1.54, 1.807) is 24.3 Å². The second kappa shape index (κ2) is 8.68. The van der Waals surface area contributed by atoms with E-state index >= 15 is 0 Å². The van der Waals surface area contributed by atoms with Crippen molar-refractivity contribution in [2.24, 2.45) is 0 Å². The normalized spacial score (nSPS) is 10.3. The van der Waals surface area contributed by atoms with E-state index < -0.39 is 11.6 Å². The van der Waals surface area contributed by atoms with Crippen molar-refractivity contribution in [3.8, 4) is 0 Å². The summed E-state index contributed by atoms with van der Waals surface area (Å²) >= 11 is 0. The van der Waals surface area contributed by atoms with Crippen LogP contribution in [0.5, 0.6) is 0 Å². The van der Waals surface area contributed by atoms with Crippen LogP contribution in [0.15, 0.2) is 67.3 Å². The lowest BCUT2D eigenvalue weighted by molar-refractivity contribution is 0.0882. The molecule has 0 N–H and O–H groups in total. The van der Waals surface area contributed by atoms with Gasteiger partial charge in [0.15, 0.2) is 23.1 Å². The van der Waals surface area contributed by atoms with Crippen molar-refractivity contribution in [1.29, 1.82) is 0 Å². The molecule has 28 heavy (non-hydrogen) atoms. The van der Waals surface area contributed by atoms with Gasteiger partial charge in [-0.15, -0.1) is 0 Å². The summed E-state index contributed by atoms with van der Waals surface area (Å²) < 4.78 is 0. The Kier molecular flexibility index (Phi) is 5.86. The van der Waals surface area contributed by atoms with Gasteiger partial charge in [-0.3, -0.25) is 29.1 Å². The van der Waals surface area contributed by atoms with Crippen LogP contribution in [0.1, 0.15) is 54.5 Å². The number of carbonyl (C=O) groups is 4. The fraction of sp³-hybridized carbons (Fsp3) is 0.0952. The Morgan fingerprint density at radius 2 is 1.07 bits per heavy atom. The minimum absolute atomic E-state index is 0.00285. The van der Waals surface area contributed by atoms with E-state index in [2.05, 4.69) is 15.0 Å². The highest BCUT2D eigenvalue weighted by Gasteiger charge is 2.19. The first-order valence-corrected chi connectivity index (χ1v) is 8.44. The van der Waals surface area contributed by atoms with Gasteiger partial charge in [-0.05, 0) is 36.4 Å². The second-order valence-corrected chi connectivity index (χ2v) is 5.94. The first-order valence-electron chi connectivity index (χ1n) is 8.44. The van der Waals surface area contributed by atoms with Crippen molar-refractivity contribution in [3.63, 3.8) is 0 Å². The van der Waals surface area contributed by atoms with Gasteiger partial charge in [0, 0.05) is 35.9 Å². The minimum Gasteiger partial charge on any atom is -0.294 e. The van der Waals surface area contributed by atoms with E-state index in [9.17, 15) is 19.2 Å². The molecule has 0 amide bonds. The third-order valence-electron chi connectivity index (χ3n) is 3.93. The van der Waals surface area contributed by atoms with Crippen molar-refractivity contribution in [2.45, 2.75) is 12.8 Å². The van der Waals surface area contributed by atoms with Crippen LogP contribution in [-0.2, 0) is 0 Å². The Bertz CT molecular complexity index is 953. The fourth-order valence-electron chi connectivity index (χ4n) is 2.48. The number of hydrogen-bond acceptors (Lipinski definition) is 7. The predicted molar refractivity (Wildman–Crippen MR) is 99.3 cm³/mol. The first-order chi connectivity index (χ1) is 13.5. The summed E-state index contributed by atoms with van der Waals surface area (Å²) in [5.41, 5.74) is 0.643. The number of ketones is 4. The van der Waals surface area contributed by atoms with Crippen LogP contribution in [0.4, 0.5) is 0 Å². The van der Waals surface area contributed by atoms with Gasteiger partial charge in [0.25, 0.3) is 0 Å². The predicted octanol–water partition coefficient (Wildman–Crippen LogP) is 2.78. The van der Waals surface area contributed by atoms with Crippen LogP contribution in [0.3, 0.4) is 0 Å². The number of hydrogen-bond donors (Lipinski definition) is 0. The molecule has 3 aromatic heterocycles. The molecule has 7 nitrogen and oxygen atoms in total. The van der Waals surface area contributed by atoms with Crippen molar-refractivity contribution >= 4 is 23.1 Å². The SMILES string of the molecule is O=C(CC(=O)c1cccc(C(=O)CC(=O)c2cccnc2)n1)c1cccnc1. The van der Waals surface area contributed by atoms with Gasteiger partial charge in [-0.25, -0.2) is 4.98 Å². The largest absolute Gasteiger partial charge is 0.294 e. The van der Waals surface area contributed by atoms with Gasteiger partial charge in [0.1, 0.15) is 11.4 Å². The number of carbonyl (C=O) groups excluding carboxylic acids is 4. The lowest BCUT2D eigenvalue weighted by Gasteiger charge is -2.04. The molecule has 0 aliphatic heterocycles. The Morgan fingerprint density at radius 3 is 1.46 bits per heavy atom. The number of aromatic nitrogens is 3. The summed E-state index contributed by atoms with van der Waals surface area (Å²) in [4.78, 5) is 60.7. The molecule has 0 aliphatic rings. The lowest BCUT2D eigenvalue weighted by atomic mass is 10.0. The highest BCUT2D eigenvalue weighted by Crippen LogP contribution is 2.10. The Hall–Kier alpha value is -3.87. The molecule has 3 rings (SSSR count). The number of rotatable bonds is 8. The van der Waals surface area contributed by atoms with Crippen LogP contribution >= 0.6 is 0 Å². The molecule has 3 aromatic rings. The number of nitrogens with zero attached hydrogens (tertiary/aromatic N) is 3. The monoisotopic (exact) mass is 373 g/mol. The van der Waals surface area contributed by atoms with Gasteiger partial charge in [-0.2, -0.15) is 0 Å². The van der Waals surface area contributed by atoms with Crippen molar-refractivity contribution in [1.82, 2.24) is 15.0 Å². The maximum absolute atomic E-state index is 12.4. The summed E-state index contributed by atoms with van der Waals surface area (Å²) in [5.74, 6) is -1.80. The third-order valence-corrected chi connectivity index (χ3v) is 3.93. The van der Waals surface area contributed by atoms with E-state index in [0.717, 1.165) is 0 Å². The highest BCUT2D eigenvalue weighted by molar-refractivity contribution is 6.14. The molecule has 7 heteroatoms. The summed E-state index contributed by atoms with van der Waals surface area (Å²) in [7, 11) is 0. The maximum atomic E-state index is 12.4. The molecule has 0 aliphatic carbocycles. The van der Waals surface area contributed by atoms with Crippen LogP contribution in [0, 0.1) is 0 Å². The summed E-state index contributed by atoms with van der Waals surface area (Å²) in [6, 6.07) is 10.7. The Labute approximate surface area is 160 Å².